The Balaban J connectivity index is 1.88. The fraction of sp³-hybridized carbons (Fsp3) is 0.529. The SMILES string of the molecule is C=C1C2C3=C(CCCC3C)C3C(C)=CC=CN3C12. The standard InChI is InChI=1S/C17H21N/c1-10-6-4-8-13-14(10)15-12(3)17(15)18-9-5-7-11(2)16(13)18/h5,7,9-10,15-17H,3-4,6,8H2,1-2H3. The number of fused-ring (bicyclic) bond motifs is 5. The lowest BCUT2D eigenvalue weighted by Gasteiger charge is -2.43. The summed E-state index contributed by atoms with van der Waals surface area (Å²) in [6, 6.07) is 1.16. The van der Waals surface area contributed by atoms with Crippen LogP contribution in [0.15, 0.2) is 47.2 Å². The van der Waals surface area contributed by atoms with Crippen LogP contribution < -0.4 is 0 Å². The van der Waals surface area contributed by atoms with E-state index in [1.165, 1.54) is 30.4 Å². The van der Waals surface area contributed by atoms with E-state index in [0.29, 0.717) is 18.0 Å². The quantitative estimate of drug-likeness (QED) is 0.581. The molecule has 0 amide bonds. The maximum Gasteiger partial charge on any atom is 0.0720 e. The summed E-state index contributed by atoms with van der Waals surface area (Å²) < 4.78 is 0. The molecule has 4 unspecified atom stereocenters. The molecular weight excluding hydrogens is 218 g/mol. The Morgan fingerprint density at radius 1 is 1.39 bits per heavy atom. The first-order valence-corrected chi connectivity index (χ1v) is 7.24. The second-order valence-corrected chi connectivity index (χ2v) is 6.37. The first-order valence-electron chi connectivity index (χ1n) is 7.24. The third-order valence-electron chi connectivity index (χ3n) is 5.30. The molecule has 0 aromatic heterocycles. The van der Waals surface area contributed by atoms with Gasteiger partial charge in [-0.2, -0.15) is 0 Å². The van der Waals surface area contributed by atoms with Crippen LogP contribution in [0.1, 0.15) is 33.1 Å². The van der Waals surface area contributed by atoms with E-state index in [-0.39, 0.29) is 0 Å². The van der Waals surface area contributed by atoms with Crippen molar-refractivity contribution in [3.8, 4) is 0 Å². The second kappa shape index (κ2) is 3.40. The predicted octanol–water partition coefficient (Wildman–Crippen LogP) is 3.82. The highest BCUT2D eigenvalue weighted by Gasteiger charge is 2.56. The van der Waals surface area contributed by atoms with Crippen molar-refractivity contribution in [3.05, 3.63) is 47.2 Å². The van der Waals surface area contributed by atoms with Crippen molar-refractivity contribution >= 4 is 0 Å². The zero-order chi connectivity index (χ0) is 12.4. The van der Waals surface area contributed by atoms with Crippen LogP contribution in [0.3, 0.4) is 0 Å². The van der Waals surface area contributed by atoms with Crippen LogP contribution in [0.5, 0.6) is 0 Å². The van der Waals surface area contributed by atoms with Crippen molar-refractivity contribution in [2.75, 3.05) is 0 Å². The molecule has 2 aliphatic heterocycles. The molecule has 0 spiro atoms. The van der Waals surface area contributed by atoms with Gasteiger partial charge in [0.25, 0.3) is 0 Å². The fourth-order valence-corrected chi connectivity index (χ4v) is 4.46. The lowest BCUT2D eigenvalue weighted by atomic mass is 9.74. The van der Waals surface area contributed by atoms with Gasteiger partial charge in [-0.25, -0.2) is 0 Å². The van der Waals surface area contributed by atoms with Crippen molar-refractivity contribution in [2.24, 2.45) is 11.8 Å². The van der Waals surface area contributed by atoms with Crippen LogP contribution in [0, 0.1) is 11.8 Å². The fourth-order valence-electron chi connectivity index (χ4n) is 4.46. The Kier molecular flexibility index (Phi) is 2.02. The van der Waals surface area contributed by atoms with Gasteiger partial charge in [-0.1, -0.05) is 25.2 Å². The summed E-state index contributed by atoms with van der Waals surface area (Å²) in [5.74, 6) is 1.46. The molecule has 0 bridgehead atoms. The monoisotopic (exact) mass is 239 g/mol. The Labute approximate surface area is 110 Å². The summed E-state index contributed by atoms with van der Waals surface area (Å²) >= 11 is 0. The summed E-state index contributed by atoms with van der Waals surface area (Å²) in [7, 11) is 0. The van der Waals surface area contributed by atoms with E-state index in [1.807, 2.05) is 0 Å². The molecule has 2 aliphatic carbocycles. The Hall–Kier alpha value is -1.24. The van der Waals surface area contributed by atoms with E-state index in [1.54, 1.807) is 11.1 Å². The van der Waals surface area contributed by atoms with Gasteiger partial charge in [-0.15, -0.1) is 0 Å². The summed E-state index contributed by atoms with van der Waals surface area (Å²) in [6.45, 7) is 9.03. The molecule has 0 aromatic carbocycles. The van der Waals surface area contributed by atoms with Crippen LogP contribution in [0.4, 0.5) is 0 Å². The highest BCUT2D eigenvalue weighted by atomic mass is 15.2. The van der Waals surface area contributed by atoms with Crippen molar-refractivity contribution < 1.29 is 0 Å². The van der Waals surface area contributed by atoms with Gasteiger partial charge >= 0.3 is 0 Å². The van der Waals surface area contributed by atoms with Crippen molar-refractivity contribution in [3.63, 3.8) is 0 Å². The maximum absolute atomic E-state index is 4.32. The summed E-state index contributed by atoms with van der Waals surface area (Å²) in [6.07, 6.45) is 10.8. The van der Waals surface area contributed by atoms with Gasteiger partial charge in [0.05, 0.1) is 12.1 Å². The summed E-state index contributed by atoms with van der Waals surface area (Å²) in [5.41, 5.74) is 6.46. The molecule has 18 heavy (non-hydrogen) atoms. The van der Waals surface area contributed by atoms with Crippen LogP contribution >= 0.6 is 0 Å². The largest absolute Gasteiger partial charge is 0.359 e. The third-order valence-corrected chi connectivity index (χ3v) is 5.30. The van der Waals surface area contributed by atoms with E-state index in [9.17, 15) is 0 Å². The average molecular weight is 239 g/mol. The van der Waals surface area contributed by atoms with Gasteiger partial charge in [-0.3, -0.25) is 0 Å². The molecule has 4 rings (SSSR count). The van der Waals surface area contributed by atoms with Gasteiger partial charge in [-0.05, 0) is 54.9 Å². The molecule has 1 nitrogen and oxygen atoms in total. The maximum atomic E-state index is 4.32. The summed E-state index contributed by atoms with van der Waals surface area (Å²) in [4.78, 5) is 2.57. The number of allylic oxidation sites excluding steroid dienone is 2. The number of rotatable bonds is 0. The molecule has 0 aromatic rings. The molecule has 1 heteroatoms. The lowest BCUT2D eigenvalue weighted by Crippen LogP contribution is -2.42. The van der Waals surface area contributed by atoms with E-state index >= 15 is 0 Å². The number of hydrogen-bond acceptors (Lipinski definition) is 1. The molecule has 0 saturated heterocycles. The molecular formula is C17H21N. The smallest absolute Gasteiger partial charge is 0.0720 e. The molecule has 4 aliphatic rings. The molecule has 0 radical (unpaired) electrons. The molecule has 1 fully saturated rings. The first-order chi connectivity index (χ1) is 8.70. The van der Waals surface area contributed by atoms with Crippen LogP contribution in [-0.4, -0.2) is 17.0 Å². The van der Waals surface area contributed by atoms with Crippen molar-refractivity contribution in [2.45, 2.75) is 45.2 Å². The molecule has 2 heterocycles. The zero-order valence-corrected chi connectivity index (χ0v) is 11.3. The first kappa shape index (κ1) is 10.7. The van der Waals surface area contributed by atoms with Gasteiger partial charge in [0.2, 0.25) is 0 Å². The topological polar surface area (TPSA) is 3.24 Å². The van der Waals surface area contributed by atoms with E-state index in [2.05, 4.69) is 43.7 Å². The minimum Gasteiger partial charge on any atom is -0.359 e. The zero-order valence-electron chi connectivity index (χ0n) is 11.3. The highest BCUT2D eigenvalue weighted by molar-refractivity contribution is 5.54. The van der Waals surface area contributed by atoms with Crippen LogP contribution in [0.25, 0.3) is 0 Å². The Morgan fingerprint density at radius 2 is 2.22 bits per heavy atom. The Morgan fingerprint density at radius 3 is 3.06 bits per heavy atom. The molecule has 1 saturated carbocycles. The second-order valence-electron chi connectivity index (χ2n) is 6.37. The Bertz CT molecular complexity index is 520. The number of hydrogen-bond donors (Lipinski definition) is 0. The lowest BCUT2D eigenvalue weighted by molar-refractivity contribution is 0.276. The van der Waals surface area contributed by atoms with Gasteiger partial charge < -0.3 is 4.90 Å². The van der Waals surface area contributed by atoms with Crippen LogP contribution in [-0.2, 0) is 0 Å². The van der Waals surface area contributed by atoms with E-state index in [4.69, 9.17) is 0 Å². The van der Waals surface area contributed by atoms with Gasteiger partial charge in [0.15, 0.2) is 0 Å². The van der Waals surface area contributed by atoms with Gasteiger partial charge in [0.1, 0.15) is 0 Å². The number of nitrogens with zero attached hydrogens (tertiary/aromatic N) is 1. The normalized spacial score (nSPS) is 41.1. The molecule has 0 N–H and O–H groups in total. The van der Waals surface area contributed by atoms with Gasteiger partial charge in [0, 0.05) is 12.1 Å². The minimum atomic E-state index is 0.549. The molecule has 4 atom stereocenters. The minimum absolute atomic E-state index is 0.549. The highest BCUT2D eigenvalue weighted by Crippen LogP contribution is 2.58. The van der Waals surface area contributed by atoms with E-state index in [0.717, 1.165) is 5.92 Å². The third kappa shape index (κ3) is 1.18. The average Bonchev–Trinajstić information content (AvgIpc) is 3.02. The van der Waals surface area contributed by atoms with E-state index < -0.39 is 0 Å². The van der Waals surface area contributed by atoms with Crippen LogP contribution in [0.2, 0.25) is 0 Å². The molecule has 94 valence electrons. The van der Waals surface area contributed by atoms with Crippen molar-refractivity contribution in [1.82, 2.24) is 4.90 Å². The predicted molar refractivity (Wildman–Crippen MR) is 75.0 cm³/mol. The summed E-state index contributed by atoms with van der Waals surface area (Å²) in [5, 5.41) is 0. The van der Waals surface area contributed by atoms with Crippen molar-refractivity contribution in [1.29, 1.82) is 0 Å².